The third-order valence-corrected chi connectivity index (χ3v) is 3.75. The molecule has 0 aliphatic heterocycles. The maximum atomic E-state index is 12.5. The van der Waals surface area contributed by atoms with Gasteiger partial charge in [0.05, 0.1) is 10.9 Å². The lowest BCUT2D eigenvalue weighted by atomic mass is 10.1. The zero-order valence-corrected chi connectivity index (χ0v) is 12.1. The van der Waals surface area contributed by atoms with Gasteiger partial charge in [-0.05, 0) is 68.7 Å². The van der Waals surface area contributed by atoms with Gasteiger partial charge in [0.2, 0.25) is 0 Å². The smallest absolute Gasteiger partial charge is 0.262 e. The molecule has 4 nitrogen and oxygen atoms in total. The molecule has 0 aliphatic rings. The summed E-state index contributed by atoms with van der Waals surface area (Å²) in [7, 11) is 0. The Hall–Kier alpha value is -1.46. The van der Waals surface area contributed by atoms with Crippen molar-refractivity contribution in [2.45, 2.75) is 33.2 Å². The van der Waals surface area contributed by atoms with Crippen LogP contribution in [-0.4, -0.2) is 16.1 Å². The maximum absolute atomic E-state index is 12.5. The van der Waals surface area contributed by atoms with Crippen molar-refractivity contribution in [1.82, 2.24) is 9.55 Å². The van der Waals surface area contributed by atoms with Gasteiger partial charge in [0, 0.05) is 6.54 Å². The van der Waals surface area contributed by atoms with Gasteiger partial charge in [-0.3, -0.25) is 9.36 Å². The maximum Gasteiger partial charge on any atom is 0.262 e. The first kappa shape index (κ1) is 14.0. The Morgan fingerprint density at radius 1 is 1.26 bits per heavy atom. The number of hydrogen-bond acceptors (Lipinski definition) is 3. The van der Waals surface area contributed by atoms with Crippen LogP contribution in [0, 0.1) is 18.6 Å². The van der Waals surface area contributed by atoms with E-state index < -0.39 is 0 Å². The second kappa shape index (κ2) is 5.67. The van der Waals surface area contributed by atoms with E-state index in [2.05, 4.69) is 4.98 Å². The van der Waals surface area contributed by atoms with Gasteiger partial charge >= 0.3 is 0 Å². The molecule has 19 heavy (non-hydrogen) atoms. The van der Waals surface area contributed by atoms with Gasteiger partial charge < -0.3 is 10.7 Å². The molecule has 0 radical (unpaired) electrons. The molecule has 0 atom stereocenters. The number of nitrogens with zero attached hydrogens (tertiary/aromatic N) is 1. The Bertz CT molecular complexity index is 715. The van der Waals surface area contributed by atoms with Gasteiger partial charge in [0.25, 0.3) is 5.56 Å². The van der Waals surface area contributed by atoms with E-state index in [0.29, 0.717) is 23.2 Å². The van der Waals surface area contributed by atoms with Crippen molar-refractivity contribution in [3.05, 3.63) is 38.4 Å². The molecule has 0 fully saturated rings. The van der Waals surface area contributed by atoms with Crippen molar-refractivity contribution in [3.63, 3.8) is 0 Å². The van der Waals surface area contributed by atoms with Gasteiger partial charge in [-0.15, -0.1) is 0 Å². The van der Waals surface area contributed by atoms with Gasteiger partial charge in [0.1, 0.15) is 0 Å². The first-order valence-corrected chi connectivity index (χ1v) is 6.89. The third kappa shape index (κ3) is 2.77. The van der Waals surface area contributed by atoms with Crippen LogP contribution < -0.4 is 11.3 Å². The van der Waals surface area contributed by atoms with Crippen molar-refractivity contribution in [2.24, 2.45) is 5.73 Å². The second-order valence-electron chi connectivity index (χ2n) is 4.86. The van der Waals surface area contributed by atoms with Crippen LogP contribution >= 0.6 is 12.2 Å². The molecular formula is C14H19N3OS. The number of nitrogens with one attached hydrogen (secondary N) is 1. The highest BCUT2D eigenvalue weighted by Gasteiger charge is 2.07. The Morgan fingerprint density at radius 3 is 2.63 bits per heavy atom. The van der Waals surface area contributed by atoms with Gasteiger partial charge in [-0.25, -0.2) is 0 Å². The summed E-state index contributed by atoms with van der Waals surface area (Å²) in [4.78, 5) is 15.6. The summed E-state index contributed by atoms with van der Waals surface area (Å²) < 4.78 is 2.11. The summed E-state index contributed by atoms with van der Waals surface area (Å²) >= 11 is 5.27. The summed E-state index contributed by atoms with van der Waals surface area (Å²) in [5.41, 5.74) is 8.54. The molecule has 1 aromatic carbocycles. The normalized spacial score (nSPS) is 11.1. The average Bonchev–Trinajstić information content (AvgIpc) is 2.36. The fourth-order valence-corrected chi connectivity index (χ4v) is 2.42. The lowest BCUT2D eigenvalue weighted by Crippen LogP contribution is -2.22. The van der Waals surface area contributed by atoms with Crippen LogP contribution in [0.1, 0.15) is 24.0 Å². The number of aromatic nitrogens is 2. The fourth-order valence-electron chi connectivity index (χ4n) is 2.13. The van der Waals surface area contributed by atoms with Crippen LogP contribution in [0.3, 0.4) is 0 Å². The molecule has 3 N–H and O–H groups in total. The predicted octanol–water partition coefficient (Wildman–Crippen LogP) is 2.41. The molecule has 0 saturated heterocycles. The van der Waals surface area contributed by atoms with E-state index in [0.717, 1.165) is 29.5 Å². The molecule has 0 saturated carbocycles. The number of hydrogen-bond donors (Lipinski definition) is 2. The largest absolute Gasteiger partial charge is 0.332 e. The van der Waals surface area contributed by atoms with E-state index in [-0.39, 0.29) is 5.56 Å². The molecule has 0 unspecified atom stereocenters. The first-order valence-electron chi connectivity index (χ1n) is 6.48. The van der Waals surface area contributed by atoms with Crippen LogP contribution in [0.2, 0.25) is 0 Å². The van der Waals surface area contributed by atoms with Gasteiger partial charge in [0.15, 0.2) is 4.77 Å². The third-order valence-electron chi connectivity index (χ3n) is 3.43. The molecule has 0 amide bonds. The molecular weight excluding hydrogens is 258 g/mol. The van der Waals surface area contributed by atoms with Crippen molar-refractivity contribution in [3.8, 4) is 0 Å². The number of nitrogens with two attached hydrogens (primary N) is 1. The number of rotatable bonds is 4. The lowest BCUT2D eigenvalue weighted by molar-refractivity contribution is 0.588. The number of unbranched alkanes of at least 4 members (excludes halogenated alkanes) is 1. The molecule has 0 spiro atoms. The summed E-state index contributed by atoms with van der Waals surface area (Å²) in [5, 5.41) is 0.699. The molecule has 2 rings (SSSR count). The van der Waals surface area contributed by atoms with Crippen LogP contribution in [0.25, 0.3) is 10.9 Å². The SMILES string of the molecule is Cc1cc2[nH]c(=S)n(CCCCN)c(=O)c2cc1C. The highest BCUT2D eigenvalue weighted by Crippen LogP contribution is 2.14. The van der Waals surface area contributed by atoms with Crippen LogP contribution in [0.15, 0.2) is 16.9 Å². The zero-order chi connectivity index (χ0) is 14.0. The number of aryl methyl sites for hydroxylation is 2. The second-order valence-corrected chi connectivity index (χ2v) is 5.25. The van der Waals surface area contributed by atoms with E-state index in [1.165, 1.54) is 0 Å². The van der Waals surface area contributed by atoms with E-state index in [4.69, 9.17) is 18.0 Å². The molecule has 1 heterocycles. The van der Waals surface area contributed by atoms with E-state index in [9.17, 15) is 4.79 Å². The van der Waals surface area contributed by atoms with Crippen molar-refractivity contribution < 1.29 is 0 Å². The molecule has 0 bridgehead atoms. The zero-order valence-electron chi connectivity index (χ0n) is 11.3. The van der Waals surface area contributed by atoms with E-state index in [1.807, 2.05) is 26.0 Å². The monoisotopic (exact) mass is 277 g/mol. The van der Waals surface area contributed by atoms with E-state index in [1.54, 1.807) is 4.57 Å². The van der Waals surface area contributed by atoms with Crippen molar-refractivity contribution in [1.29, 1.82) is 0 Å². The Labute approximate surface area is 117 Å². The minimum Gasteiger partial charge on any atom is -0.332 e. The lowest BCUT2D eigenvalue weighted by Gasteiger charge is -2.09. The van der Waals surface area contributed by atoms with Gasteiger partial charge in [-0.2, -0.15) is 0 Å². The average molecular weight is 277 g/mol. The summed E-state index contributed by atoms with van der Waals surface area (Å²) in [5.74, 6) is 0. The summed E-state index contributed by atoms with van der Waals surface area (Å²) in [6.45, 7) is 5.29. The molecule has 5 heteroatoms. The topological polar surface area (TPSA) is 63.8 Å². The fraction of sp³-hybridized carbons (Fsp3) is 0.429. The van der Waals surface area contributed by atoms with Crippen molar-refractivity contribution in [2.75, 3.05) is 6.54 Å². The highest BCUT2D eigenvalue weighted by atomic mass is 32.1. The Kier molecular flexibility index (Phi) is 4.17. The predicted molar refractivity (Wildman–Crippen MR) is 81.2 cm³/mol. The molecule has 102 valence electrons. The first-order chi connectivity index (χ1) is 9.04. The Balaban J connectivity index is 2.58. The van der Waals surface area contributed by atoms with Gasteiger partial charge in [-0.1, -0.05) is 0 Å². The van der Waals surface area contributed by atoms with E-state index >= 15 is 0 Å². The minimum atomic E-state index is -0.0149. The van der Waals surface area contributed by atoms with Crippen LogP contribution in [-0.2, 0) is 6.54 Å². The number of fused-ring (bicyclic) bond motifs is 1. The minimum absolute atomic E-state index is 0.0149. The number of benzene rings is 1. The number of aromatic amines is 1. The summed E-state index contributed by atoms with van der Waals surface area (Å²) in [6, 6.07) is 3.91. The number of H-pyrrole nitrogens is 1. The standard InChI is InChI=1S/C14H19N3OS/c1-9-7-11-12(8-10(9)2)16-14(19)17(13(11)18)6-4-3-5-15/h7-8H,3-6,15H2,1-2H3,(H,16,19). The van der Waals surface area contributed by atoms with Crippen LogP contribution in [0.5, 0.6) is 0 Å². The van der Waals surface area contributed by atoms with Crippen molar-refractivity contribution >= 4 is 23.1 Å². The van der Waals surface area contributed by atoms with Crippen LogP contribution in [0.4, 0.5) is 0 Å². The molecule has 0 aliphatic carbocycles. The Morgan fingerprint density at radius 2 is 1.95 bits per heavy atom. The molecule has 1 aromatic heterocycles. The summed E-state index contributed by atoms with van der Waals surface area (Å²) in [6.07, 6.45) is 1.76. The highest BCUT2D eigenvalue weighted by molar-refractivity contribution is 7.71. The quantitative estimate of drug-likeness (QED) is 0.666. The molecule has 2 aromatic rings.